The van der Waals surface area contributed by atoms with Crippen molar-refractivity contribution in [2.75, 3.05) is 23.8 Å². The van der Waals surface area contributed by atoms with E-state index in [1.807, 2.05) is 24.4 Å². The molecule has 0 radical (unpaired) electrons. The van der Waals surface area contributed by atoms with Gasteiger partial charge in [0.25, 0.3) is 0 Å². The van der Waals surface area contributed by atoms with E-state index in [-0.39, 0.29) is 28.6 Å². The molecule has 0 aliphatic carbocycles. The van der Waals surface area contributed by atoms with Crippen LogP contribution >= 0.6 is 23.1 Å². The van der Waals surface area contributed by atoms with Gasteiger partial charge in [0.05, 0.1) is 17.3 Å². The van der Waals surface area contributed by atoms with Gasteiger partial charge in [-0.2, -0.15) is 0 Å². The molecule has 3 heterocycles. The molecule has 1 saturated heterocycles. The van der Waals surface area contributed by atoms with Crippen molar-refractivity contribution >= 4 is 49.7 Å². The van der Waals surface area contributed by atoms with Crippen molar-refractivity contribution in [3.63, 3.8) is 0 Å². The third-order valence-corrected chi connectivity index (χ3v) is 9.29. The van der Waals surface area contributed by atoms with Gasteiger partial charge in [0.2, 0.25) is 5.91 Å². The van der Waals surface area contributed by atoms with Gasteiger partial charge in [-0.05, 0) is 29.5 Å². The zero-order valence-electron chi connectivity index (χ0n) is 15.3. The molecule has 1 aliphatic rings. The van der Waals surface area contributed by atoms with Crippen molar-refractivity contribution in [2.45, 2.75) is 17.6 Å². The van der Waals surface area contributed by atoms with E-state index in [1.54, 1.807) is 11.3 Å². The van der Waals surface area contributed by atoms with Crippen LogP contribution in [0.5, 0.6) is 0 Å². The number of carbonyl (C=O) groups is 1. The molecule has 1 amide bonds. The molecule has 0 bridgehead atoms. The molecule has 8 heteroatoms. The van der Waals surface area contributed by atoms with E-state index in [4.69, 9.17) is 0 Å². The molecule has 5 nitrogen and oxygen atoms in total. The average Bonchev–Trinajstić information content (AvgIpc) is 3.41. The zero-order valence-corrected chi connectivity index (χ0v) is 17.7. The van der Waals surface area contributed by atoms with Crippen LogP contribution in [-0.2, 0) is 14.6 Å². The Balaban J connectivity index is 1.42. The van der Waals surface area contributed by atoms with Gasteiger partial charge in [-0.25, -0.2) is 8.42 Å². The predicted molar refractivity (Wildman–Crippen MR) is 117 cm³/mol. The van der Waals surface area contributed by atoms with Crippen molar-refractivity contribution in [3.05, 3.63) is 58.4 Å². The first-order chi connectivity index (χ1) is 13.5. The highest BCUT2D eigenvalue weighted by atomic mass is 32.2. The number of nitrogens with one attached hydrogen (secondary N) is 2. The Morgan fingerprint density at radius 1 is 1.29 bits per heavy atom. The maximum absolute atomic E-state index is 12.4. The molecule has 2 N–H and O–H groups in total. The second-order valence-electron chi connectivity index (χ2n) is 7.00. The van der Waals surface area contributed by atoms with E-state index in [9.17, 15) is 13.2 Å². The largest absolute Gasteiger partial charge is 0.361 e. The average molecular weight is 435 g/mol. The van der Waals surface area contributed by atoms with Crippen molar-refractivity contribution in [1.29, 1.82) is 0 Å². The fourth-order valence-corrected chi connectivity index (χ4v) is 7.91. The molecule has 0 spiro atoms. The Morgan fingerprint density at radius 2 is 2.14 bits per heavy atom. The van der Waals surface area contributed by atoms with Crippen LogP contribution in [0.1, 0.15) is 22.8 Å². The van der Waals surface area contributed by atoms with E-state index in [1.165, 1.54) is 27.6 Å². The number of carbonyl (C=O) groups excluding carboxylic acids is 1. The first-order valence-corrected chi connectivity index (χ1v) is 12.9. The SMILES string of the molecule is O=C(CSC1CCS(=O)(=O)C1)NCC(c1cccs1)c1c[nH]c2ccccc12. The number of para-hydroxylation sites is 1. The summed E-state index contributed by atoms with van der Waals surface area (Å²) >= 11 is 3.13. The summed E-state index contributed by atoms with van der Waals surface area (Å²) in [6.07, 6.45) is 2.67. The van der Waals surface area contributed by atoms with Crippen LogP contribution in [0.3, 0.4) is 0 Å². The van der Waals surface area contributed by atoms with Gasteiger partial charge in [0.15, 0.2) is 9.84 Å². The highest BCUT2D eigenvalue weighted by molar-refractivity contribution is 8.02. The second-order valence-corrected chi connectivity index (χ2v) is 11.5. The lowest BCUT2D eigenvalue weighted by Gasteiger charge is -2.17. The third kappa shape index (κ3) is 4.45. The maximum Gasteiger partial charge on any atom is 0.230 e. The van der Waals surface area contributed by atoms with Crippen LogP contribution in [-0.4, -0.2) is 48.4 Å². The van der Waals surface area contributed by atoms with Crippen LogP contribution in [0.15, 0.2) is 48.0 Å². The number of thioether (sulfide) groups is 1. The van der Waals surface area contributed by atoms with Crippen molar-refractivity contribution in [3.8, 4) is 0 Å². The van der Waals surface area contributed by atoms with Crippen LogP contribution in [0.4, 0.5) is 0 Å². The normalized spacial score (nSPS) is 19.6. The molecule has 28 heavy (non-hydrogen) atoms. The maximum atomic E-state index is 12.4. The molecule has 148 valence electrons. The fraction of sp³-hybridized carbons (Fsp3) is 0.350. The molecule has 1 aliphatic heterocycles. The molecule has 2 aromatic heterocycles. The van der Waals surface area contributed by atoms with E-state index in [0.717, 1.165) is 5.52 Å². The van der Waals surface area contributed by atoms with Gasteiger partial charge in [-0.1, -0.05) is 24.3 Å². The predicted octanol–water partition coefficient (Wildman–Crippen LogP) is 3.40. The van der Waals surface area contributed by atoms with Crippen LogP contribution in [0.2, 0.25) is 0 Å². The number of fused-ring (bicyclic) bond motifs is 1. The highest BCUT2D eigenvalue weighted by Gasteiger charge is 2.28. The summed E-state index contributed by atoms with van der Waals surface area (Å²) in [4.78, 5) is 16.9. The fourth-order valence-electron chi connectivity index (χ4n) is 3.59. The van der Waals surface area contributed by atoms with Crippen LogP contribution < -0.4 is 5.32 Å². The van der Waals surface area contributed by atoms with Crippen molar-refractivity contribution in [2.24, 2.45) is 0 Å². The number of aromatic amines is 1. The minimum Gasteiger partial charge on any atom is -0.361 e. The number of sulfone groups is 1. The Hall–Kier alpha value is -1.77. The Labute approximate surface area is 172 Å². The zero-order chi connectivity index (χ0) is 19.6. The summed E-state index contributed by atoms with van der Waals surface area (Å²) in [5, 5.41) is 6.31. The molecule has 0 saturated carbocycles. The van der Waals surface area contributed by atoms with E-state index in [2.05, 4.69) is 33.9 Å². The summed E-state index contributed by atoms with van der Waals surface area (Å²) in [6.45, 7) is 0.519. The highest BCUT2D eigenvalue weighted by Crippen LogP contribution is 2.33. The van der Waals surface area contributed by atoms with E-state index < -0.39 is 9.84 Å². The number of benzene rings is 1. The van der Waals surface area contributed by atoms with Gasteiger partial charge in [-0.3, -0.25) is 4.79 Å². The topological polar surface area (TPSA) is 79.0 Å². The Morgan fingerprint density at radius 3 is 2.89 bits per heavy atom. The number of hydrogen-bond acceptors (Lipinski definition) is 5. The minimum atomic E-state index is -2.90. The molecule has 4 rings (SSSR count). The summed E-state index contributed by atoms with van der Waals surface area (Å²) in [5.74, 6) is 0.768. The molecule has 2 unspecified atom stereocenters. The lowest BCUT2D eigenvalue weighted by molar-refractivity contribution is -0.118. The summed E-state index contributed by atoms with van der Waals surface area (Å²) in [6, 6.07) is 12.3. The molecule has 2 atom stereocenters. The van der Waals surface area contributed by atoms with Gasteiger partial charge >= 0.3 is 0 Å². The summed E-state index contributed by atoms with van der Waals surface area (Å²) in [7, 11) is -2.90. The van der Waals surface area contributed by atoms with Gasteiger partial charge in [0, 0.05) is 39.7 Å². The first kappa shape index (κ1) is 19.5. The lowest BCUT2D eigenvalue weighted by atomic mass is 9.96. The number of hydrogen-bond donors (Lipinski definition) is 2. The van der Waals surface area contributed by atoms with E-state index >= 15 is 0 Å². The van der Waals surface area contributed by atoms with Crippen LogP contribution in [0.25, 0.3) is 10.9 Å². The molecule has 1 aromatic carbocycles. The number of thiophene rings is 1. The third-order valence-electron chi connectivity index (χ3n) is 5.03. The second kappa shape index (κ2) is 8.31. The molecular weight excluding hydrogens is 412 g/mol. The lowest BCUT2D eigenvalue weighted by Crippen LogP contribution is -2.30. The van der Waals surface area contributed by atoms with E-state index in [0.29, 0.717) is 18.7 Å². The number of aromatic nitrogens is 1. The summed E-state index contributed by atoms with van der Waals surface area (Å²) < 4.78 is 23.1. The standard InChI is InChI=1S/C20H22N2O3S3/c23-20(12-27-14-7-9-28(24,25)13-14)22-11-17(19-6-3-8-26-19)16-10-21-18-5-2-1-4-15(16)18/h1-6,8,10,14,17,21H,7,9,11-13H2,(H,22,23). The molecular formula is C20H22N2O3S3. The first-order valence-electron chi connectivity index (χ1n) is 9.20. The van der Waals surface area contributed by atoms with Gasteiger partial charge in [0.1, 0.15) is 0 Å². The monoisotopic (exact) mass is 434 g/mol. The van der Waals surface area contributed by atoms with Crippen molar-refractivity contribution < 1.29 is 13.2 Å². The quantitative estimate of drug-likeness (QED) is 0.597. The Bertz CT molecular complexity index is 1060. The number of rotatable bonds is 7. The molecule has 3 aromatic rings. The smallest absolute Gasteiger partial charge is 0.230 e. The number of amides is 1. The minimum absolute atomic E-state index is 0.0393. The number of H-pyrrole nitrogens is 1. The van der Waals surface area contributed by atoms with Gasteiger partial charge < -0.3 is 10.3 Å². The van der Waals surface area contributed by atoms with Crippen molar-refractivity contribution in [1.82, 2.24) is 10.3 Å². The van der Waals surface area contributed by atoms with Crippen LogP contribution in [0, 0.1) is 0 Å². The molecule has 1 fully saturated rings. The Kier molecular flexibility index (Phi) is 5.80. The summed E-state index contributed by atoms with van der Waals surface area (Å²) in [5.41, 5.74) is 2.26. The van der Waals surface area contributed by atoms with Gasteiger partial charge in [-0.15, -0.1) is 23.1 Å².